The van der Waals surface area contributed by atoms with E-state index in [-0.39, 0.29) is 17.9 Å². The fourth-order valence-corrected chi connectivity index (χ4v) is 5.09. The van der Waals surface area contributed by atoms with Crippen molar-refractivity contribution in [3.05, 3.63) is 94.7 Å². The number of nitrogens with one attached hydrogen (secondary N) is 1. The quantitative estimate of drug-likeness (QED) is 0.348. The molecule has 0 aliphatic carbocycles. The fourth-order valence-electron chi connectivity index (χ4n) is 4.83. The molecule has 1 N–H and O–H groups in total. The van der Waals surface area contributed by atoms with E-state index >= 15 is 0 Å². The maximum absolute atomic E-state index is 13.1. The Morgan fingerprint density at radius 3 is 2.59 bits per heavy atom. The molecule has 1 amide bonds. The van der Waals surface area contributed by atoms with Crippen LogP contribution in [-0.2, 0) is 11.3 Å². The number of rotatable bonds is 6. The second-order valence-corrected chi connectivity index (χ2v) is 9.96. The van der Waals surface area contributed by atoms with Gasteiger partial charge >= 0.3 is 0 Å². The van der Waals surface area contributed by atoms with E-state index in [1.165, 1.54) is 0 Å². The van der Waals surface area contributed by atoms with Gasteiger partial charge in [-0.1, -0.05) is 58.4 Å². The summed E-state index contributed by atoms with van der Waals surface area (Å²) in [5.41, 5.74) is 4.31. The van der Waals surface area contributed by atoms with E-state index in [2.05, 4.69) is 92.2 Å². The van der Waals surface area contributed by atoms with Crippen LogP contribution in [0.25, 0.3) is 16.7 Å². The molecule has 3 aromatic carbocycles. The molecule has 1 aromatic heterocycles. The summed E-state index contributed by atoms with van der Waals surface area (Å²) in [6.07, 6.45) is 1.93. The molecular weight excluding hydrogens is 488 g/mol. The molecule has 2 atom stereocenters. The number of hydrogen-bond acceptors (Lipinski definition) is 3. The van der Waals surface area contributed by atoms with Crippen molar-refractivity contribution in [3.63, 3.8) is 0 Å². The number of imidazole rings is 1. The largest absolute Gasteiger partial charge is 0.349 e. The van der Waals surface area contributed by atoms with Crippen molar-refractivity contribution >= 4 is 32.9 Å². The van der Waals surface area contributed by atoms with E-state index in [0.717, 1.165) is 58.5 Å². The molecule has 1 saturated heterocycles. The zero-order valence-electron chi connectivity index (χ0n) is 19.3. The molecule has 0 unspecified atom stereocenters. The third-order valence-corrected chi connectivity index (χ3v) is 7.14. The molecule has 0 saturated carbocycles. The maximum Gasteiger partial charge on any atom is 0.224 e. The number of hydrogen-bond donors (Lipinski definition) is 1. The Labute approximate surface area is 208 Å². The topological polar surface area (TPSA) is 50.2 Å². The lowest BCUT2D eigenvalue weighted by molar-refractivity contribution is -0.127. The van der Waals surface area contributed by atoms with E-state index in [4.69, 9.17) is 4.98 Å². The number of para-hydroxylation sites is 2. The lowest BCUT2D eigenvalue weighted by Gasteiger charge is -2.32. The molecule has 0 radical (unpaired) electrons. The summed E-state index contributed by atoms with van der Waals surface area (Å²) in [5, 5.41) is 3.22. The van der Waals surface area contributed by atoms with Crippen molar-refractivity contribution < 1.29 is 4.79 Å². The van der Waals surface area contributed by atoms with E-state index in [1.54, 1.807) is 0 Å². The Kier molecular flexibility index (Phi) is 6.79. The Bertz CT molecular complexity index is 1270. The minimum Gasteiger partial charge on any atom is -0.349 e. The van der Waals surface area contributed by atoms with Gasteiger partial charge in [-0.3, -0.25) is 14.3 Å². The van der Waals surface area contributed by atoms with Gasteiger partial charge in [-0.05, 0) is 68.3 Å². The van der Waals surface area contributed by atoms with Crippen molar-refractivity contribution in [2.45, 2.75) is 32.4 Å². The fraction of sp³-hybridized carbons (Fsp3) is 0.286. The molecule has 2 heterocycles. The standard InChI is InChI=1S/C28H29BrN4O/c1-20(21-8-3-2-4-9-21)30-28(34)22-10-7-17-32(18-22)19-27-31-25-11-5-6-12-26(25)33(27)24-15-13-23(29)14-16-24/h2-6,8-9,11-16,20,22H,7,10,17-19H2,1H3,(H,30,34)/t20-,22+/m0/s1. The molecular formula is C28H29BrN4O. The zero-order chi connectivity index (χ0) is 23.5. The van der Waals surface area contributed by atoms with Gasteiger partial charge in [0, 0.05) is 16.7 Å². The summed E-state index contributed by atoms with van der Waals surface area (Å²) < 4.78 is 3.29. The van der Waals surface area contributed by atoms with Crippen molar-refractivity contribution in [1.82, 2.24) is 19.8 Å². The molecule has 0 spiro atoms. The summed E-state index contributed by atoms with van der Waals surface area (Å²) in [5.74, 6) is 1.13. The van der Waals surface area contributed by atoms with E-state index in [0.29, 0.717) is 6.54 Å². The van der Waals surface area contributed by atoms with Gasteiger partial charge in [0.1, 0.15) is 5.82 Å². The van der Waals surface area contributed by atoms with Crippen LogP contribution in [0.5, 0.6) is 0 Å². The number of amides is 1. The monoisotopic (exact) mass is 516 g/mol. The summed E-state index contributed by atoms with van der Waals surface area (Å²) in [4.78, 5) is 20.4. The van der Waals surface area contributed by atoms with E-state index in [1.807, 2.05) is 24.3 Å². The number of carbonyl (C=O) groups is 1. The molecule has 1 aliphatic rings. The lowest BCUT2D eigenvalue weighted by Crippen LogP contribution is -2.43. The SMILES string of the molecule is C[C@H](NC(=O)[C@@H]1CCCN(Cc2nc3ccccc3n2-c2ccc(Br)cc2)C1)c1ccccc1. The van der Waals surface area contributed by atoms with Gasteiger partial charge in [-0.25, -0.2) is 4.98 Å². The number of piperidine rings is 1. The van der Waals surface area contributed by atoms with Crippen molar-refractivity contribution in [2.75, 3.05) is 13.1 Å². The summed E-state index contributed by atoms with van der Waals surface area (Å²) in [7, 11) is 0. The molecule has 5 rings (SSSR count). The van der Waals surface area contributed by atoms with Crippen LogP contribution in [0.3, 0.4) is 0 Å². The summed E-state index contributed by atoms with van der Waals surface area (Å²) in [6.45, 7) is 4.48. The Morgan fingerprint density at radius 1 is 1.06 bits per heavy atom. The predicted octanol–water partition coefficient (Wildman–Crippen LogP) is 5.88. The molecule has 0 bridgehead atoms. The van der Waals surface area contributed by atoms with Crippen LogP contribution in [0, 0.1) is 5.92 Å². The van der Waals surface area contributed by atoms with Gasteiger partial charge < -0.3 is 5.32 Å². The highest BCUT2D eigenvalue weighted by atomic mass is 79.9. The average Bonchev–Trinajstić information content (AvgIpc) is 3.23. The first-order valence-corrected chi connectivity index (χ1v) is 12.7. The van der Waals surface area contributed by atoms with Crippen molar-refractivity contribution in [3.8, 4) is 5.69 Å². The third-order valence-electron chi connectivity index (χ3n) is 6.61. The Hall–Kier alpha value is -2.96. The highest BCUT2D eigenvalue weighted by Crippen LogP contribution is 2.26. The first-order valence-electron chi connectivity index (χ1n) is 11.9. The van der Waals surface area contributed by atoms with Crippen LogP contribution in [-0.4, -0.2) is 33.4 Å². The Balaban J connectivity index is 1.33. The van der Waals surface area contributed by atoms with Crippen LogP contribution in [0.4, 0.5) is 0 Å². The molecule has 174 valence electrons. The average molecular weight is 517 g/mol. The second-order valence-electron chi connectivity index (χ2n) is 9.04. The normalized spacial score (nSPS) is 17.5. The van der Waals surface area contributed by atoms with Crippen LogP contribution < -0.4 is 5.32 Å². The summed E-state index contributed by atoms with van der Waals surface area (Å²) >= 11 is 3.54. The first kappa shape index (κ1) is 22.8. The number of carbonyl (C=O) groups excluding carboxylic acids is 1. The van der Waals surface area contributed by atoms with Gasteiger partial charge in [-0.2, -0.15) is 0 Å². The zero-order valence-corrected chi connectivity index (χ0v) is 20.9. The minimum atomic E-state index is -0.00887. The molecule has 6 heteroatoms. The number of nitrogens with zero attached hydrogens (tertiary/aromatic N) is 3. The smallest absolute Gasteiger partial charge is 0.224 e. The number of aromatic nitrogens is 2. The van der Waals surface area contributed by atoms with E-state index < -0.39 is 0 Å². The van der Waals surface area contributed by atoms with Gasteiger partial charge in [0.05, 0.1) is 29.5 Å². The first-order chi connectivity index (χ1) is 16.6. The molecule has 34 heavy (non-hydrogen) atoms. The number of benzene rings is 3. The maximum atomic E-state index is 13.1. The second kappa shape index (κ2) is 10.1. The number of likely N-dealkylation sites (tertiary alicyclic amines) is 1. The van der Waals surface area contributed by atoms with Gasteiger partial charge in [-0.15, -0.1) is 0 Å². The van der Waals surface area contributed by atoms with Crippen LogP contribution in [0.2, 0.25) is 0 Å². The molecule has 5 nitrogen and oxygen atoms in total. The summed E-state index contributed by atoms with van der Waals surface area (Å²) in [6, 6.07) is 26.7. The Morgan fingerprint density at radius 2 is 1.79 bits per heavy atom. The molecule has 4 aromatic rings. The minimum absolute atomic E-state index is 0.00526. The van der Waals surface area contributed by atoms with Gasteiger partial charge in [0.15, 0.2) is 0 Å². The highest BCUT2D eigenvalue weighted by molar-refractivity contribution is 9.10. The van der Waals surface area contributed by atoms with Crippen LogP contribution in [0.15, 0.2) is 83.3 Å². The van der Waals surface area contributed by atoms with Gasteiger partial charge in [0.25, 0.3) is 0 Å². The van der Waals surface area contributed by atoms with Crippen molar-refractivity contribution in [2.24, 2.45) is 5.92 Å². The lowest BCUT2D eigenvalue weighted by atomic mass is 9.96. The predicted molar refractivity (Wildman–Crippen MR) is 140 cm³/mol. The van der Waals surface area contributed by atoms with Crippen LogP contribution >= 0.6 is 15.9 Å². The number of fused-ring (bicyclic) bond motifs is 1. The highest BCUT2D eigenvalue weighted by Gasteiger charge is 2.28. The van der Waals surface area contributed by atoms with Gasteiger partial charge in [0.2, 0.25) is 5.91 Å². The van der Waals surface area contributed by atoms with Crippen LogP contribution in [0.1, 0.15) is 37.2 Å². The molecule has 1 fully saturated rings. The number of halogens is 1. The van der Waals surface area contributed by atoms with Crippen molar-refractivity contribution in [1.29, 1.82) is 0 Å². The van der Waals surface area contributed by atoms with E-state index in [9.17, 15) is 4.79 Å². The third kappa shape index (κ3) is 4.93. The molecule has 1 aliphatic heterocycles.